The lowest BCUT2D eigenvalue weighted by molar-refractivity contribution is 0.221. The number of hydrogen-bond acceptors (Lipinski definition) is 4. The van der Waals surface area contributed by atoms with Crippen LogP contribution in [-0.2, 0) is 6.73 Å². The molecule has 1 aromatic heterocycles. The molecule has 0 saturated heterocycles. The summed E-state index contributed by atoms with van der Waals surface area (Å²) in [4.78, 5) is 2.40. The molecule has 0 atom stereocenters. The minimum absolute atomic E-state index is 0.341. The van der Waals surface area contributed by atoms with Gasteiger partial charge in [-0.2, -0.15) is 5.10 Å². The highest BCUT2D eigenvalue weighted by molar-refractivity contribution is 9.10. The fraction of sp³-hybridized carbons (Fsp3) is 0.444. The molecule has 0 radical (unpaired) electrons. The Kier molecular flexibility index (Phi) is 8.87. The van der Waals surface area contributed by atoms with E-state index < -0.39 is 0 Å². The molecular weight excluding hydrogens is 414 g/mol. The number of ether oxygens (including phenoxy) is 1. The van der Waals surface area contributed by atoms with Crippen molar-refractivity contribution < 1.29 is 4.74 Å². The van der Waals surface area contributed by atoms with E-state index in [1.54, 1.807) is 10.9 Å². The van der Waals surface area contributed by atoms with Crippen molar-refractivity contribution in [3.63, 3.8) is 0 Å². The van der Waals surface area contributed by atoms with Crippen molar-refractivity contribution in [3.8, 4) is 5.75 Å². The first-order valence-electron chi connectivity index (χ1n) is 8.78. The van der Waals surface area contributed by atoms with Gasteiger partial charge in [-0.05, 0) is 62.5 Å². The van der Waals surface area contributed by atoms with Crippen LogP contribution in [0, 0.1) is 0 Å². The monoisotopic (exact) mass is 439 g/mol. The molecule has 0 aliphatic carbocycles. The van der Waals surface area contributed by atoms with E-state index in [1.807, 2.05) is 30.5 Å². The lowest BCUT2D eigenvalue weighted by atomic mass is 10.3. The third-order valence-corrected chi connectivity index (χ3v) is 4.67. The van der Waals surface area contributed by atoms with E-state index in [-0.39, 0.29) is 0 Å². The normalized spacial score (nSPS) is 10.8. The number of hydrogen-bond donors (Lipinski definition) is 2. The van der Waals surface area contributed by atoms with E-state index in [0.29, 0.717) is 11.8 Å². The SMILES string of the molecule is CCN(CC)CCCNC(=S)Nc1cnn(COc2ccc(Br)cc2)c1. The zero-order valence-corrected chi connectivity index (χ0v) is 17.6. The minimum Gasteiger partial charge on any atom is -0.471 e. The Morgan fingerprint density at radius 1 is 1.27 bits per heavy atom. The van der Waals surface area contributed by atoms with Crippen molar-refractivity contribution in [1.82, 2.24) is 20.0 Å². The van der Waals surface area contributed by atoms with Crippen LogP contribution in [-0.4, -0.2) is 46.0 Å². The third kappa shape index (κ3) is 7.31. The molecule has 0 aliphatic heterocycles. The first-order chi connectivity index (χ1) is 12.6. The van der Waals surface area contributed by atoms with E-state index in [4.69, 9.17) is 17.0 Å². The van der Waals surface area contributed by atoms with E-state index >= 15 is 0 Å². The van der Waals surface area contributed by atoms with Gasteiger partial charge >= 0.3 is 0 Å². The summed E-state index contributed by atoms with van der Waals surface area (Å²) in [6.45, 7) is 8.80. The quantitative estimate of drug-likeness (QED) is 0.434. The maximum Gasteiger partial charge on any atom is 0.180 e. The predicted octanol–water partition coefficient (Wildman–Crippen LogP) is 3.70. The summed E-state index contributed by atoms with van der Waals surface area (Å²) in [7, 11) is 0. The Balaban J connectivity index is 1.68. The van der Waals surface area contributed by atoms with Crippen LogP contribution in [0.3, 0.4) is 0 Å². The summed E-state index contributed by atoms with van der Waals surface area (Å²) in [6, 6.07) is 7.69. The van der Waals surface area contributed by atoms with Gasteiger partial charge in [0.1, 0.15) is 5.75 Å². The third-order valence-electron chi connectivity index (χ3n) is 3.90. The number of nitrogens with zero attached hydrogens (tertiary/aromatic N) is 3. The molecule has 26 heavy (non-hydrogen) atoms. The standard InChI is InChI=1S/C18H26BrN5OS/c1-3-23(4-2)11-5-10-20-18(26)22-16-12-21-24(13-16)14-25-17-8-6-15(19)7-9-17/h6-9,12-13H,3-5,10-11,14H2,1-2H3,(H2,20,22,26). The maximum atomic E-state index is 5.69. The zero-order chi connectivity index (χ0) is 18.8. The molecular formula is C18H26BrN5OS. The molecule has 6 nitrogen and oxygen atoms in total. The second-order valence-corrected chi connectivity index (χ2v) is 7.08. The fourth-order valence-corrected chi connectivity index (χ4v) is 2.87. The van der Waals surface area contributed by atoms with Gasteiger partial charge < -0.3 is 20.3 Å². The van der Waals surface area contributed by atoms with Gasteiger partial charge in [-0.15, -0.1) is 0 Å². The molecule has 2 rings (SSSR count). The van der Waals surface area contributed by atoms with E-state index in [0.717, 1.165) is 48.5 Å². The summed E-state index contributed by atoms with van der Waals surface area (Å²) in [5.74, 6) is 0.795. The topological polar surface area (TPSA) is 54.3 Å². The van der Waals surface area contributed by atoms with Crippen LogP contribution in [0.25, 0.3) is 0 Å². The Hall–Kier alpha value is -1.64. The molecule has 0 unspecified atom stereocenters. The number of halogens is 1. The van der Waals surface area contributed by atoms with Gasteiger partial charge in [-0.1, -0.05) is 29.8 Å². The van der Waals surface area contributed by atoms with Crippen LogP contribution in [0.5, 0.6) is 5.75 Å². The Bertz CT molecular complexity index is 672. The second kappa shape index (κ2) is 11.2. The van der Waals surface area contributed by atoms with Gasteiger partial charge in [0.25, 0.3) is 0 Å². The first kappa shape index (κ1) is 20.7. The van der Waals surface area contributed by atoms with Crippen LogP contribution >= 0.6 is 28.1 Å². The van der Waals surface area contributed by atoms with Crippen LogP contribution in [0.15, 0.2) is 41.1 Å². The summed E-state index contributed by atoms with van der Waals surface area (Å²) in [5.41, 5.74) is 0.839. The first-order valence-corrected chi connectivity index (χ1v) is 9.98. The fourth-order valence-electron chi connectivity index (χ4n) is 2.39. The van der Waals surface area contributed by atoms with E-state index in [2.05, 4.69) is 50.4 Å². The predicted molar refractivity (Wildman–Crippen MR) is 114 cm³/mol. The highest BCUT2D eigenvalue weighted by Gasteiger charge is 2.03. The van der Waals surface area contributed by atoms with Crippen LogP contribution < -0.4 is 15.4 Å². The smallest absolute Gasteiger partial charge is 0.180 e. The van der Waals surface area contributed by atoms with Crippen LogP contribution in [0.2, 0.25) is 0 Å². The molecule has 1 heterocycles. The second-order valence-electron chi connectivity index (χ2n) is 5.76. The van der Waals surface area contributed by atoms with Crippen molar-refractivity contribution in [3.05, 3.63) is 41.1 Å². The molecule has 0 saturated carbocycles. The van der Waals surface area contributed by atoms with Gasteiger partial charge in [0.2, 0.25) is 0 Å². The van der Waals surface area contributed by atoms with Crippen LogP contribution in [0.4, 0.5) is 5.69 Å². The van der Waals surface area contributed by atoms with Gasteiger partial charge in [-0.25, -0.2) is 4.68 Å². The lowest BCUT2D eigenvalue weighted by Gasteiger charge is -2.18. The molecule has 142 valence electrons. The van der Waals surface area contributed by atoms with Crippen molar-refractivity contribution in [2.75, 3.05) is 31.5 Å². The average molecular weight is 440 g/mol. The van der Waals surface area contributed by atoms with E-state index in [1.165, 1.54) is 0 Å². The average Bonchev–Trinajstić information content (AvgIpc) is 3.08. The number of nitrogens with one attached hydrogen (secondary N) is 2. The highest BCUT2D eigenvalue weighted by atomic mass is 79.9. The Morgan fingerprint density at radius 2 is 2.00 bits per heavy atom. The molecule has 1 aromatic carbocycles. The molecule has 0 spiro atoms. The molecule has 0 bridgehead atoms. The minimum atomic E-state index is 0.341. The van der Waals surface area contributed by atoms with Crippen LogP contribution in [0.1, 0.15) is 20.3 Å². The van der Waals surface area contributed by atoms with Crippen molar-refractivity contribution in [1.29, 1.82) is 0 Å². The summed E-state index contributed by atoms with van der Waals surface area (Å²) in [6.07, 6.45) is 4.65. The van der Waals surface area contributed by atoms with Crippen molar-refractivity contribution in [2.45, 2.75) is 27.0 Å². The molecule has 0 aliphatic rings. The highest BCUT2D eigenvalue weighted by Crippen LogP contribution is 2.16. The summed E-state index contributed by atoms with van der Waals surface area (Å²) >= 11 is 8.73. The number of anilines is 1. The Morgan fingerprint density at radius 3 is 2.69 bits per heavy atom. The molecule has 0 fully saturated rings. The number of benzene rings is 1. The number of thiocarbonyl (C=S) groups is 1. The summed E-state index contributed by atoms with van der Waals surface area (Å²) < 4.78 is 8.42. The molecule has 8 heteroatoms. The maximum absolute atomic E-state index is 5.69. The zero-order valence-electron chi connectivity index (χ0n) is 15.2. The van der Waals surface area contributed by atoms with Gasteiger partial charge in [-0.3, -0.25) is 0 Å². The molecule has 2 aromatic rings. The van der Waals surface area contributed by atoms with E-state index in [9.17, 15) is 0 Å². The van der Waals surface area contributed by atoms with Gasteiger partial charge in [0.15, 0.2) is 11.8 Å². The Labute approximate surface area is 169 Å². The lowest BCUT2D eigenvalue weighted by Crippen LogP contribution is -2.32. The number of rotatable bonds is 10. The molecule has 0 amide bonds. The van der Waals surface area contributed by atoms with Gasteiger partial charge in [0.05, 0.1) is 18.1 Å². The molecule has 2 N–H and O–H groups in total. The van der Waals surface area contributed by atoms with Crippen molar-refractivity contribution in [2.24, 2.45) is 0 Å². The largest absolute Gasteiger partial charge is 0.471 e. The van der Waals surface area contributed by atoms with Gasteiger partial charge in [0, 0.05) is 11.0 Å². The summed E-state index contributed by atoms with van der Waals surface area (Å²) in [5, 5.41) is 11.3. The van der Waals surface area contributed by atoms with Crippen molar-refractivity contribution >= 4 is 38.9 Å². The number of aromatic nitrogens is 2.